The number of unbranched alkanes of at least 4 members (excludes halogenated alkanes) is 1. The van der Waals surface area contributed by atoms with Gasteiger partial charge in [0.1, 0.15) is 9.92 Å². The van der Waals surface area contributed by atoms with Crippen LogP contribution in [0.5, 0.6) is 0 Å². The number of hydrogen-bond acceptors (Lipinski definition) is 7. The van der Waals surface area contributed by atoms with E-state index in [4.69, 9.17) is 9.15 Å². The van der Waals surface area contributed by atoms with Gasteiger partial charge in [0.2, 0.25) is 0 Å². The first-order chi connectivity index (χ1) is 12.0. The number of amides is 1. The summed E-state index contributed by atoms with van der Waals surface area (Å²) in [5.74, 6) is -1.92. The van der Waals surface area contributed by atoms with Gasteiger partial charge in [-0.3, -0.25) is 14.9 Å². The topological polar surface area (TPSA) is 112 Å². The third-order valence-corrected chi connectivity index (χ3v) is 4.39. The second-order valence-corrected chi connectivity index (χ2v) is 6.27. The number of nitrogens with zero attached hydrogens (tertiary/aromatic N) is 1. The van der Waals surface area contributed by atoms with Gasteiger partial charge in [-0.05, 0) is 31.9 Å². The van der Waals surface area contributed by atoms with E-state index >= 15 is 0 Å². The van der Waals surface area contributed by atoms with Gasteiger partial charge in [-0.15, -0.1) is 11.3 Å². The highest BCUT2D eigenvalue weighted by atomic mass is 32.1. The normalized spacial score (nSPS) is 10.5. The number of aryl methyl sites for hydroxylation is 1. The summed E-state index contributed by atoms with van der Waals surface area (Å²) >= 11 is 1.28. The Balaban J connectivity index is 2.22. The summed E-state index contributed by atoms with van der Waals surface area (Å²) in [5.41, 5.74) is 0.271. The van der Waals surface area contributed by atoms with Gasteiger partial charge in [0, 0.05) is 4.88 Å². The Labute approximate surface area is 147 Å². The molecule has 2 aromatic heterocycles. The molecule has 0 aromatic carbocycles. The lowest BCUT2D eigenvalue weighted by molar-refractivity contribution is -0.402. The third kappa shape index (κ3) is 4.66. The van der Waals surface area contributed by atoms with Crippen LogP contribution in [0.4, 0.5) is 10.9 Å². The molecular weight excluding hydrogens is 348 g/mol. The van der Waals surface area contributed by atoms with Crippen molar-refractivity contribution in [3.8, 4) is 0 Å². The summed E-state index contributed by atoms with van der Waals surface area (Å²) in [5, 5.41) is 13.6. The Morgan fingerprint density at radius 2 is 2.12 bits per heavy atom. The highest BCUT2D eigenvalue weighted by Gasteiger charge is 2.22. The molecule has 0 saturated heterocycles. The predicted octanol–water partition coefficient (Wildman–Crippen LogP) is 4.02. The van der Waals surface area contributed by atoms with Gasteiger partial charge in [-0.2, -0.15) is 0 Å². The molecule has 134 valence electrons. The van der Waals surface area contributed by atoms with Crippen LogP contribution in [0, 0.1) is 10.1 Å². The fraction of sp³-hybridized carbons (Fsp3) is 0.375. The zero-order valence-corrected chi connectivity index (χ0v) is 14.7. The summed E-state index contributed by atoms with van der Waals surface area (Å²) in [6.07, 6.45) is 2.75. The first-order valence-electron chi connectivity index (χ1n) is 7.81. The van der Waals surface area contributed by atoms with Crippen LogP contribution < -0.4 is 5.32 Å². The van der Waals surface area contributed by atoms with Gasteiger partial charge < -0.3 is 14.5 Å². The van der Waals surface area contributed by atoms with Crippen LogP contribution in [0.2, 0.25) is 0 Å². The van der Waals surface area contributed by atoms with E-state index in [9.17, 15) is 19.7 Å². The Morgan fingerprint density at radius 3 is 2.72 bits per heavy atom. The fourth-order valence-corrected chi connectivity index (χ4v) is 3.16. The number of ether oxygens (including phenoxy) is 1. The molecule has 0 aliphatic rings. The fourth-order valence-electron chi connectivity index (χ4n) is 2.08. The quantitative estimate of drug-likeness (QED) is 0.429. The SMILES string of the molecule is CCCCc1cc(C(=O)OCC)c(NC(=O)c2ccc([N+](=O)[O-])o2)s1. The third-order valence-electron chi connectivity index (χ3n) is 3.28. The van der Waals surface area contributed by atoms with Crippen LogP contribution in [-0.4, -0.2) is 23.4 Å². The van der Waals surface area contributed by atoms with Gasteiger partial charge in [0.15, 0.2) is 5.76 Å². The number of nitrogens with one attached hydrogen (secondary N) is 1. The molecule has 2 heterocycles. The molecule has 8 nitrogen and oxygen atoms in total. The van der Waals surface area contributed by atoms with E-state index < -0.39 is 22.7 Å². The highest BCUT2D eigenvalue weighted by molar-refractivity contribution is 7.16. The number of carbonyl (C=O) groups excluding carboxylic acids is 2. The van der Waals surface area contributed by atoms with E-state index in [1.54, 1.807) is 13.0 Å². The van der Waals surface area contributed by atoms with Crippen LogP contribution in [0.1, 0.15) is 52.5 Å². The molecule has 0 fully saturated rings. The molecule has 2 rings (SSSR count). The Hall–Kier alpha value is -2.68. The molecule has 2 aromatic rings. The number of hydrogen-bond donors (Lipinski definition) is 1. The van der Waals surface area contributed by atoms with Gasteiger partial charge >= 0.3 is 11.9 Å². The minimum absolute atomic E-state index is 0.204. The van der Waals surface area contributed by atoms with Crippen molar-refractivity contribution < 1.29 is 23.7 Å². The van der Waals surface area contributed by atoms with Crippen molar-refractivity contribution in [2.75, 3.05) is 11.9 Å². The zero-order valence-electron chi connectivity index (χ0n) is 13.9. The molecule has 0 saturated carbocycles. The average Bonchev–Trinajstić information content (AvgIpc) is 3.20. The van der Waals surface area contributed by atoms with Crippen molar-refractivity contribution in [3.63, 3.8) is 0 Å². The summed E-state index contributed by atoms with van der Waals surface area (Å²) in [6, 6.07) is 4.02. The predicted molar refractivity (Wildman–Crippen MR) is 92.2 cm³/mol. The van der Waals surface area contributed by atoms with Crippen molar-refractivity contribution in [3.05, 3.63) is 44.5 Å². The van der Waals surface area contributed by atoms with Crippen molar-refractivity contribution in [2.45, 2.75) is 33.1 Å². The molecule has 0 atom stereocenters. The number of esters is 1. The lowest BCUT2D eigenvalue weighted by Gasteiger charge is -2.04. The Kier molecular flexibility index (Phi) is 6.29. The largest absolute Gasteiger partial charge is 0.462 e. The minimum atomic E-state index is -0.727. The number of carbonyl (C=O) groups is 2. The minimum Gasteiger partial charge on any atom is -0.462 e. The maximum atomic E-state index is 12.2. The van der Waals surface area contributed by atoms with E-state index in [-0.39, 0.29) is 17.9 Å². The van der Waals surface area contributed by atoms with Crippen molar-refractivity contribution in [2.24, 2.45) is 0 Å². The van der Waals surface area contributed by atoms with Gasteiger partial charge in [0.05, 0.1) is 18.2 Å². The van der Waals surface area contributed by atoms with Gasteiger partial charge in [-0.1, -0.05) is 13.3 Å². The van der Waals surface area contributed by atoms with E-state index in [1.165, 1.54) is 17.4 Å². The van der Waals surface area contributed by atoms with Crippen LogP contribution in [0.3, 0.4) is 0 Å². The molecule has 25 heavy (non-hydrogen) atoms. The highest BCUT2D eigenvalue weighted by Crippen LogP contribution is 2.31. The lowest BCUT2D eigenvalue weighted by Crippen LogP contribution is -2.13. The average molecular weight is 366 g/mol. The molecule has 0 radical (unpaired) electrons. The standard InChI is InChI=1S/C16H18N2O6S/c1-3-5-6-10-9-11(16(20)23-4-2)15(25-10)17-14(19)12-7-8-13(24-12)18(21)22/h7-9H,3-6H2,1-2H3,(H,17,19). The van der Waals surface area contributed by atoms with Crippen LogP contribution in [0.25, 0.3) is 0 Å². The van der Waals surface area contributed by atoms with Gasteiger partial charge in [0.25, 0.3) is 5.91 Å². The number of rotatable bonds is 8. The Bertz CT molecular complexity index is 779. The maximum absolute atomic E-state index is 12.2. The summed E-state index contributed by atoms with van der Waals surface area (Å²) in [4.78, 5) is 35.2. The van der Waals surface area contributed by atoms with Gasteiger partial charge in [-0.25, -0.2) is 4.79 Å². The van der Waals surface area contributed by atoms with E-state index in [0.717, 1.165) is 30.2 Å². The molecule has 1 N–H and O–H groups in total. The number of anilines is 1. The van der Waals surface area contributed by atoms with Crippen LogP contribution >= 0.6 is 11.3 Å². The maximum Gasteiger partial charge on any atom is 0.433 e. The molecule has 1 amide bonds. The molecule has 9 heteroatoms. The summed E-state index contributed by atoms with van der Waals surface area (Å²) < 4.78 is 9.89. The van der Waals surface area contributed by atoms with Crippen LogP contribution in [0.15, 0.2) is 22.6 Å². The first-order valence-corrected chi connectivity index (χ1v) is 8.63. The number of thiophene rings is 1. The second-order valence-electron chi connectivity index (χ2n) is 5.13. The van der Waals surface area contributed by atoms with E-state index in [1.807, 2.05) is 0 Å². The molecule has 0 bridgehead atoms. The number of furan rings is 1. The van der Waals surface area contributed by atoms with Crippen molar-refractivity contribution in [1.29, 1.82) is 0 Å². The van der Waals surface area contributed by atoms with Crippen molar-refractivity contribution >= 4 is 34.1 Å². The second kappa shape index (κ2) is 8.43. The zero-order chi connectivity index (χ0) is 18.4. The van der Waals surface area contributed by atoms with E-state index in [0.29, 0.717) is 5.00 Å². The Morgan fingerprint density at radius 1 is 1.36 bits per heavy atom. The summed E-state index contributed by atoms with van der Waals surface area (Å²) in [6.45, 7) is 3.98. The van der Waals surface area contributed by atoms with Crippen molar-refractivity contribution in [1.82, 2.24) is 0 Å². The van der Waals surface area contributed by atoms with E-state index in [2.05, 4.69) is 12.2 Å². The molecule has 0 spiro atoms. The summed E-state index contributed by atoms with van der Waals surface area (Å²) in [7, 11) is 0. The van der Waals surface area contributed by atoms with Crippen LogP contribution in [-0.2, 0) is 11.2 Å². The lowest BCUT2D eigenvalue weighted by atomic mass is 10.2. The molecule has 0 aliphatic carbocycles. The number of nitro groups is 1. The smallest absolute Gasteiger partial charge is 0.433 e. The molecule has 0 unspecified atom stereocenters. The first kappa shape index (κ1) is 18.7. The molecule has 0 aliphatic heterocycles. The molecular formula is C16H18N2O6S. The monoisotopic (exact) mass is 366 g/mol.